The molecule has 0 saturated carbocycles. The van der Waals surface area contributed by atoms with E-state index in [2.05, 4.69) is 31.0 Å². The van der Waals surface area contributed by atoms with Crippen molar-refractivity contribution in [2.24, 2.45) is 5.92 Å². The van der Waals surface area contributed by atoms with Crippen molar-refractivity contribution in [3.05, 3.63) is 0 Å². The molecule has 0 aromatic carbocycles. The summed E-state index contributed by atoms with van der Waals surface area (Å²) in [5.41, 5.74) is 0. The first kappa shape index (κ1) is 13.7. The molecule has 2 aliphatic heterocycles. The van der Waals surface area contributed by atoms with Gasteiger partial charge < -0.3 is 4.90 Å². The van der Waals surface area contributed by atoms with Gasteiger partial charge in [-0.05, 0) is 53.5 Å². The molecule has 1 atom stereocenters. The number of rotatable bonds is 3. The SMILES string of the molecule is C#CCC1CCCN(c2nnnn2C2CCSCC2)C1. The molecule has 1 aromatic rings. The van der Waals surface area contributed by atoms with E-state index in [0.29, 0.717) is 12.0 Å². The zero-order valence-electron chi connectivity index (χ0n) is 11.7. The maximum Gasteiger partial charge on any atom is 0.245 e. The summed E-state index contributed by atoms with van der Waals surface area (Å²) in [4.78, 5) is 2.33. The van der Waals surface area contributed by atoms with Crippen molar-refractivity contribution in [1.29, 1.82) is 0 Å². The van der Waals surface area contributed by atoms with E-state index in [1.54, 1.807) is 0 Å². The lowest BCUT2D eigenvalue weighted by molar-refractivity contribution is 0.387. The van der Waals surface area contributed by atoms with Crippen molar-refractivity contribution in [2.45, 2.75) is 38.1 Å². The van der Waals surface area contributed by atoms with Crippen LogP contribution < -0.4 is 4.90 Å². The second kappa shape index (κ2) is 6.49. The van der Waals surface area contributed by atoms with E-state index in [9.17, 15) is 0 Å². The number of hydrogen-bond donors (Lipinski definition) is 0. The molecule has 0 radical (unpaired) electrons. The molecular formula is C14H21N5S. The monoisotopic (exact) mass is 291 g/mol. The summed E-state index contributed by atoms with van der Waals surface area (Å²) in [6, 6.07) is 0.467. The van der Waals surface area contributed by atoms with Crippen LogP contribution in [0.5, 0.6) is 0 Å². The van der Waals surface area contributed by atoms with Gasteiger partial charge in [0.05, 0.1) is 6.04 Å². The minimum atomic E-state index is 0.467. The highest BCUT2D eigenvalue weighted by molar-refractivity contribution is 7.99. The zero-order chi connectivity index (χ0) is 13.8. The summed E-state index contributed by atoms with van der Waals surface area (Å²) in [6.45, 7) is 2.04. The lowest BCUT2D eigenvalue weighted by Gasteiger charge is -2.33. The second-order valence-electron chi connectivity index (χ2n) is 5.63. The van der Waals surface area contributed by atoms with Gasteiger partial charge in [0.25, 0.3) is 0 Å². The van der Waals surface area contributed by atoms with Crippen LogP contribution in [-0.2, 0) is 0 Å². The molecule has 1 aromatic heterocycles. The first-order chi connectivity index (χ1) is 9.88. The van der Waals surface area contributed by atoms with Crippen molar-refractivity contribution in [3.63, 3.8) is 0 Å². The highest BCUT2D eigenvalue weighted by Crippen LogP contribution is 2.30. The van der Waals surface area contributed by atoms with Gasteiger partial charge in [-0.15, -0.1) is 12.3 Å². The van der Waals surface area contributed by atoms with Crippen LogP contribution in [0.4, 0.5) is 5.95 Å². The number of aromatic nitrogens is 4. The average Bonchev–Trinajstić information content (AvgIpc) is 2.98. The van der Waals surface area contributed by atoms with Gasteiger partial charge in [-0.25, -0.2) is 4.68 Å². The molecule has 0 aliphatic carbocycles. The van der Waals surface area contributed by atoms with Gasteiger partial charge >= 0.3 is 0 Å². The molecule has 6 heteroatoms. The van der Waals surface area contributed by atoms with Gasteiger partial charge in [0.1, 0.15) is 0 Å². The maximum absolute atomic E-state index is 5.45. The number of hydrogen-bond acceptors (Lipinski definition) is 5. The predicted molar refractivity (Wildman–Crippen MR) is 81.8 cm³/mol. The number of terminal acetylenes is 1. The van der Waals surface area contributed by atoms with Crippen LogP contribution in [0.25, 0.3) is 0 Å². The molecule has 2 fully saturated rings. The summed E-state index contributed by atoms with van der Waals surface area (Å²) in [7, 11) is 0. The Balaban J connectivity index is 1.73. The Hall–Kier alpha value is -1.22. The minimum Gasteiger partial charge on any atom is -0.339 e. The molecule has 108 valence electrons. The number of thioether (sulfide) groups is 1. The predicted octanol–water partition coefficient (Wildman–Crippen LogP) is 1.98. The summed E-state index contributed by atoms with van der Waals surface area (Å²) in [6.07, 6.45) is 11.1. The minimum absolute atomic E-state index is 0.467. The fraction of sp³-hybridized carbons (Fsp3) is 0.786. The summed E-state index contributed by atoms with van der Waals surface area (Å²) < 4.78 is 2.05. The standard InChI is InChI=1S/C14H21N5S/c1-2-4-12-5-3-8-18(11-12)14-15-16-17-19(14)13-6-9-20-10-7-13/h1,12-13H,3-11H2. The molecule has 5 nitrogen and oxygen atoms in total. The Labute approximate surface area is 124 Å². The van der Waals surface area contributed by atoms with Crippen LogP contribution in [-0.4, -0.2) is 44.8 Å². The zero-order valence-corrected chi connectivity index (χ0v) is 12.6. The third kappa shape index (κ3) is 2.93. The number of nitrogens with zero attached hydrogens (tertiary/aromatic N) is 5. The van der Waals surface area contributed by atoms with Crippen LogP contribution in [0, 0.1) is 18.3 Å². The molecule has 0 amide bonds. The summed E-state index contributed by atoms with van der Waals surface area (Å²) in [5, 5.41) is 12.4. The second-order valence-corrected chi connectivity index (χ2v) is 6.85. The van der Waals surface area contributed by atoms with Crippen molar-refractivity contribution in [1.82, 2.24) is 20.2 Å². The summed E-state index contributed by atoms with van der Waals surface area (Å²) in [5.74, 6) is 6.75. The first-order valence-electron chi connectivity index (χ1n) is 7.42. The molecule has 0 spiro atoms. The fourth-order valence-corrected chi connectivity index (χ4v) is 4.22. The third-order valence-electron chi connectivity index (χ3n) is 4.22. The van der Waals surface area contributed by atoms with E-state index < -0.39 is 0 Å². The Bertz CT molecular complexity index is 474. The Kier molecular flexibility index (Phi) is 4.46. The first-order valence-corrected chi connectivity index (χ1v) is 8.58. The molecule has 0 N–H and O–H groups in total. The maximum atomic E-state index is 5.45. The fourth-order valence-electron chi connectivity index (χ4n) is 3.14. The van der Waals surface area contributed by atoms with Gasteiger partial charge in [0.2, 0.25) is 5.95 Å². The van der Waals surface area contributed by atoms with Gasteiger partial charge in [-0.1, -0.05) is 5.10 Å². The Morgan fingerprint density at radius 3 is 2.95 bits per heavy atom. The van der Waals surface area contributed by atoms with E-state index >= 15 is 0 Å². The normalized spacial score (nSPS) is 24.6. The average molecular weight is 291 g/mol. The molecule has 3 rings (SSSR count). The van der Waals surface area contributed by atoms with Crippen LogP contribution in [0.1, 0.15) is 38.1 Å². The highest BCUT2D eigenvalue weighted by atomic mass is 32.2. The quantitative estimate of drug-likeness (QED) is 0.797. The molecule has 2 saturated heterocycles. The van der Waals surface area contributed by atoms with Crippen molar-refractivity contribution >= 4 is 17.7 Å². The molecule has 3 heterocycles. The van der Waals surface area contributed by atoms with Crippen LogP contribution in [0.2, 0.25) is 0 Å². The van der Waals surface area contributed by atoms with Crippen LogP contribution >= 0.6 is 11.8 Å². The Morgan fingerprint density at radius 1 is 1.30 bits per heavy atom. The van der Waals surface area contributed by atoms with E-state index in [0.717, 1.165) is 25.5 Å². The van der Waals surface area contributed by atoms with E-state index in [-0.39, 0.29) is 0 Å². The highest BCUT2D eigenvalue weighted by Gasteiger charge is 2.27. The van der Waals surface area contributed by atoms with Gasteiger partial charge in [-0.3, -0.25) is 0 Å². The number of tetrazole rings is 1. The van der Waals surface area contributed by atoms with Gasteiger partial charge in [0.15, 0.2) is 0 Å². The van der Waals surface area contributed by atoms with E-state index in [4.69, 9.17) is 6.42 Å². The van der Waals surface area contributed by atoms with Crippen LogP contribution in [0.15, 0.2) is 0 Å². The van der Waals surface area contributed by atoms with Crippen LogP contribution in [0.3, 0.4) is 0 Å². The molecule has 0 bridgehead atoms. The molecule has 2 aliphatic rings. The lowest BCUT2D eigenvalue weighted by Crippen LogP contribution is -2.38. The smallest absolute Gasteiger partial charge is 0.245 e. The lowest BCUT2D eigenvalue weighted by atomic mass is 9.95. The third-order valence-corrected chi connectivity index (χ3v) is 5.27. The molecule has 1 unspecified atom stereocenters. The Morgan fingerprint density at radius 2 is 2.15 bits per heavy atom. The largest absolute Gasteiger partial charge is 0.339 e. The van der Waals surface area contributed by atoms with Gasteiger partial charge in [0, 0.05) is 19.5 Å². The number of piperidine rings is 1. The summed E-state index contributed by atoms with van der Waals surface area (Å²) >= 11 is 2.03. The van der Waals surface area contributed by atoms with E-state index in [1.165, 1.54) is 37.2 Å². The van der Waals surface area contributed by atoms with Crippen molar-refractivity contribution in [2.75, 3.05) is 29.5 Å². The van der Waals surface area contributed by atoms with Crippen molar-refractivity contribution in [3.8, 4) is 12.3 Å². The molecule has 20 heavy (non-hydrogen) atoms. The topological polar surface area (TPSA) is 46.8 Å². The van der Waals surface area contributed by atoms with E-state index in [1.807, 2.05) is 11.8 Å². The molecular weight excluding hydrogens is 270 g/mol. The van der Waals surface area contributed by atoms with Crippen molar-refractivity contribution < 1.29 is 0 Å². The number of anilines is 1. The van der Waals surface area contributed by atoms with Gasteiger partial charge in [-0.2, -0.15) is 11.8 Å².